The summed E-state index contributed by atoms with van der Waals surface area (Å²) < 4.78 is 1.00. The Hall–Kier alpha value is -1.13. The summed E-state index contributed by atoms with van der Waals surface area (Å²) in [6, 6.07) is 6.01. The van der Waals surface area contributed by atoms with Gasteiger partial charge in [-0.1, -0.05) is 33.6 Å². The minimum Gasteiger partial charge on any atom is -0.337 e. The zero-order chi connectivity index (χ0) is 13.3. The van der Waals surface area contributed by atoms with Crippen LogP contribution in [0, 0.1) is 20.8 Å². The first-order chi connectivity index (χ1) is 8.47. The van der Waals surface area contributed by atoms with E-state index in [2.05, 4.69) is 31.2 Å². The average molecular weight is 327 g/mol. The highest BCUT2D eigenvalue weighted by Crippen LogP contribution is 2.27. The largest absolute Gasteiger partial charge is 0.337 e. The van der Waals surface area contributed by atoms with Crippen molar-refractivity contribution in [2.45, 2.75) is 20.8 Å². The van der Waals surface area contributed by atoms with Gasteiger partial charge in [-0.15, -0.1) is 0 Å². The number of benzene rings is 1. The van der Waals surface area contributed by atoms with Gasteiger partial charge in [-0.05, 0) is 38.5 Å². The molecule has 0 aliphatic rings. The van der Waals surface area contributed by atoms with Gasteiger partial charge in [-0.2, -0.15) is 0 Å². The topological polar surface area (TPSA) is 37.8 Å². The van der Waals surface area contributed by atoms with Crippen molar-refractivity contribution >= 4 is 39.0 Å². The van der Waals surface area contributed by atoms with Crippen molar-refractivity contribution in [1.82, 2.24) is 9.97 Å². The molecule has 3 nitrogen and oxygen atoms in total. The first kappa shape index (κ1) is 13.3. The lowest BCUT2D eigenvalue weighted by Crippen LogP contribution is -2.01. The number of aromatic nitrogens is 2. The molecule has 0 atom stereocenters. The number of nitrogens with zero attached hydrogens (tertiary/aromatic N) is 2. The molecule has 0 spiro atoms. The summed E-state index contributed by atoms with van der Waals surface area (Å²) in [7, 11) is 0. The minimum atomic E-state index is 0.387. The number of anilines is 2. The van der Waals surface area contributed by atoms with Crippen LogP contribution in [0.5, 0.6) is 0 Å². The molecule has 94 valence electrons. The van der Waals surface area contributed by atoms with Gasteiger partial charge >= 0.3 is 0 Å². The molecule has 2 aromatic rings. The quantitative estimate of drug-likeness (QED) is 0.879. The van der Waals surface area contributed by atoms with Gasteiger partial charge in [0.15, 0.2) is 11.0 Å². The summed E-state index contributed by atoms with van der Waals surface area (Å²) in [5, 5.41) is 3.60. The fraction of sp³-hybridized carbons (Fsp3) is 0.231. The molecule has 0 saturated heterocycles. The molecule has 1 aromatic heterocycles. The fourth-order valence-electron chi connectivity index (χ4n) is 1.51. The van der Waals surface area contributed by atoms with E-state index in [1.165, 1.54) is 0 Å². The lowest BCUT2D eigenvalue weighted by molar-refractivity contribution is 1.05. The van der Waals surface area contributed by atoms with Crippen molar-refractivity contribution < 1.29 is 0 Å². The maximum Gasteiger partial charge on any atom is 0.172 e. The minimum absolute atomic E-state index is 0.387. The van der Waals surface area contributed by atoms with Gasteiger partial charge in [0.05, 0.1) is 11.4 Å². The van der Waals surface area contributed by atoms with Crippen LogP contribution < -0.4 is 5.32 Å². The standard InChI is InChI=1S/C13H13BrClN3/c1-7-4-5-10(14)6-11(7)18-13-12(15)16-8(2)9(3)17-13/h4-6H,1-3H3,(H,17,18). The molecule has 0 aliphatic heterocycles. The van der Waals surface area contributed by atoms with Crippen LogP contribution >= 0.6 is 27.5 Å². The van der Waals surface area contributed by atoms with E-state index < -0.39 is 0 Å². The van der Waals surface area contributed by atoms with Crippen LogP contribution in [0.25, 0.3) is 0 Å². The van der Waals surface area contributed by atoms with Crippen molar-refractivity contribution in [1.29, 1.82) is 0 Å². The van der Waals surface area contributed by atoms with Crippen LogP contribution in [-0.4, -0.2) is 9.97 Å². The van der Waals surface area contributed by atoms with Gasteiger partial charge in [0, 0.05) is 10.2 Å². The van der Waals surface area contributed by atoms with E-state index >= 15 is 0 Å². The van der Waals surface area contributed by atoms with Crippen LogP contribution in [0.2, 0.25) is 5.15 Å². The average Bonchev–Trinajstić information content (AvgIpc) is 2.30. The van der Waals surface area contributed by atoms with Gasteiger partial charge in [0.1, 0.15) is 0 Å². The van der Waals surface area contributed by atoms with Crippen LogP contribution in [-0.2, 0) is 0 Å². The first-order valence-electron chi connectivity index (χ1n) is 5.51. The van der Waals surface area contributed by atoms with E-state index in [1.807, 2.05) is 39.0 Å². The third-order valence-electron chi connectivity index (χ3n) is 2.72. The summed E-state index contributed by atoms with van der Waals surface area (Å²) in [6.07, 6.45) is 0. The maximum absolute atomic E-state index is 6.10. The summed E-state index contributed by atoms with van der Waals surface area (Å²) in [5.41, 5.74) is 3.80. The monoisotopic (exact) mass is 325 g/mol. The third kappa shape index (κ3) is 2.82. The Kier molecular flexibility index (Phi) is 3.88. The summed E-state index contributed by atoms with van der Waals surface area (Å²) >= 11 is 9.54. The highest BCUT2D eigenvalue weighted by Gasteiger charge is 2.08. The van der Waals surface area contributed by atoms with Crippen molar-refractivity contribution in [3.05, 3.63) is 44.8 Å². The Labute approximate surface area is 120 Å². The Morgan fingerprint density at radius 1 is 1.11 bits per heavy atom. The molecule has 0 saturated carbocycles. The molecular formula is C13H13BrClN3. The molecule has 0 bridgehead atoms. The van der Waals surface area contributed by atoms with Gasteiger partial charge in [0.2, 0.25) is 0 Å². The van der Waals surface area contributed by atoms with Gasteiger partial charge in [-0.3, -0.25) is 0 Å². The number of halogens is 2. The molecule has 1 N–H and O–H groups in total. The second-order valence-corrected chi connectivity index (χ2v) is 5.39. The predicted octanol–water partition coefficient (Wildman–Crippen LogP) is 4.56. The second-order valence-electron chi connectivity index (χ2n) is 4.12. The molecule has 5 heteroatoms. The van der Waals surface area contributed by atoms with Crippen LogP contribution in [0.1, 0.15) is 17.0 Å². The molecular weight excluding hydrogens is 314 g/mol. The smallest absolute Gasteiger partial charge is 0.172 e. The Bertz CT molecular complexity index is 599. The summed E-state index contributed by atoms with van der Waals surface area (Å²) in [4.78, 5) is 8.67. The van der Waals surface area contributed by atoms with E-state index in [1.54, 1.807) is 0 Å². The first-order valence-corrected chi connectivity index (χ1v) is 6.68. The fourth-order valence-corrected chi connectivity index (χ4v) is 2.09. The van der Waals surface area contributed by atoms with Crippen molar-refractivity contribution in [3.8, 4) is 0 Å². The highest BCUT2D eigenvalue weighted by atomic mass is 79.9. The zero-order valence-corrected chi connectivity index (χ0v) is 12.7. The SMILES string of the molecule is Cc1ccc(Br)cc1Nc1nc(C)c(C)nc1Cl. The Balaban J connectivity index is 2.40. The lowest BCUT2D eigenvalue weighted by Gasteiger charge is -2.11. The number of nitrogens with one attached hydrogen (secondary N) is 1. The predicted molar refractivity (Wildman–Crippen MR) is 78.7 cm³/mol. The number of rotatable bonds is 2. The zero-order valence-electron chi connectivity index (χ0n) is 10.4. The lowest BCUT2D eigenvalue weighted by atomic mass is 10.2. The normalized spacial score (nSPS) is 10.5. The number of hydrogen-bond donors (Lipinski definition) is 1. The molecule has 0 aliphatic carbocycles. The molecule has 1 aromatic carbocycles. The van der Waals surface area contributed by atoms with E-state index in [4.69, 9.17) is 11.6 Å². The Morgan fingerprint density at radius 3 is 2.50 bits per heavy atom. The van der Waals surface area contributed by atoms with Gasteiger partial charge in [-0.25, -0.2) is 9.97 Å². The molecule has 0 radical (unpaired) electrons. The molecule has 2 rings (SSSR count). The van der Waals surface area contributed by atoms with E-state index in [9.17, 15) is 0 Å². The number of aryl methyl sites for hydroxylation is 3. The summed E-state index contributed by atoms with van der Waals surface area (Å²) in [6.45, 7) is 5.83. The van der Waals surface area contributed by atoms with Crippen molar-refractivity contribution in [2.75, 3.05) is 5.32 Å². The van der Waals surface area contributed by atoms with Crippen LogP contribution in [0.15, 0.2) is 22.7 Å². The Morgan fingerprint density at radius 2 is 1.78 bits per heavy atom. The van der Waals surface area contributed by atoms with Crippen LogP contribution in [0.4, 0.5) is 11.5 Å². The second kappa shape index (κ2) is 5.24. The molecule has 1 heterocycles. The maximum atomic E-state index is 6.10. The van der Waals surface area contributed by atoms with E-state index in [0.717, 1.165) is 27.1 Å². The molecule has 0 amide bonds. The summed E-state index contributed by atoms with van der Waals surface area (Å²) in [5.74, 6) is 0.584. The van der Waals surface area contributed by atoms with E-state index in [0.29, 0.717) is 11.0 Å². The third-order valence-corrected chi connectivity index (χ3v) is 3.47. The number of hydrogen-bond acceptors (Lipinski definition) is 3. The molecule has 0 fully saturated rings. The molecule has 0 unspecified atom stereocenters. The van der Waals surface area contributed by atoms with E-state index in [-0.39, 0.29) is 0 Å². The van der Waals surface area contributed by atoms with Crippen molar-refractivity contribution in [3.63, 3.8) is 0 Å². The van der Waals surface area contributed by atoms with Crippen molar-refractivity contribution in [2.24, 2.45) is 0 Å². The van der Waals surface area contributed by atoms with Gasteiger partial charge < -0.3 is 5.32 Å². The highest BCUT2D eigenvalue weighted by molar-refractivity contribution is 9.10. The van der Waals surface area contributed by atoms with Crippen LogP contribution in [0.3, 0.4) is 0 Å². The van der Waals surface area contributed by atoms with Gasteiger partial charge in [0.25, 0.3) is 0 Å². The molecule has 18 heavy (non-hydrogen) atoms.